The third-order valence-corrected chi connectivity index (χ3v) is 5.60. The molecule has 0 N–H and O–H groups in total. The summed E-state index contributed by atoms with van der Waals surface area (Å²) in [6.07, 6.45) is 3.22. The molecule has 2 unspecified atom stereocenters. The number of likely N-dealkylation sites (tertiary alicyclic amines) is 1. The highest BCUT2D eigenvalue weighted by molar-refractivity contribution is 8.03. The zero-order chi connectivity index (χ0) is 14.8. The number of piperidine rings is 1. The van der Waals surface area contributed by atoms with E-state index in [1.807, 2.05) is 18.2 Å². The molecule has 1 aromatic rings. The molecule has 112 valence electrons. The molecule has 3 rings (SSSR count). The van der Waals surface area contributed by atoms with Gasteiger partial charge < -0.3 is 4.74 Å². The second kappa shape index (κ2) is 6.42. The molecule has 0 radical (unpaired) electrons. The molecular weight excluding hydrogens is 306 g/mol. The highest BCUT2D eigenvalue weighted by Crippen LogP contribution is 2.42. The van der Waals surface area contributed by atoms with Crippen LogP contribution >= 0.6 is 23.4 Å². The Kier molecular flexibility index (Phi) is 4.57. The second-order valence-corrected chi connectivity index (χ2v) is 7.17. The molecule has 0 spiro atoms. The molecule has 1 fully saturated rings. The number of esters is 1. The van der Waals surface area contributed by atoms with Crippen molar-refractivity contribution in [1.82, 2.24) is 4.90 Å². The largest absolute Gasteiger partial charge is 0.420 e. The van der Waals surface area contributed by atoms with Gasteiger partial charge in [0.25, 0.3) is 0 Å². The van der Waals surface area contributed by atoms with Gasteiger partial charge in [0.05, 0.1) is 0 Å². The van der Waals surface area contributed by atoms with Crippen LogP contribution in [0, 0.1) is 5.92 Å². The van der Waals surface area contributed by atoms with Crippen LogP contribution in [-0.2, 0) is 16.1 Å². The standard InChI is InChI=1S/C16H18ClNO2S/c1-11(19)20-16-8-13-10-18(7-6-15(13)21-16)9-12-4-2-3-5-14(12)17/h2-5,8,13,15H,6-7,9-10H2,1H3. The minimum Gasteiger partial charge on any atom is -0.420 e. The van der Waals surface area contributed by atoms with E-state index in [0.29, 0.717) is 11.2 Å². The van der Waals surface area contributed by atoms with Crippen LogP contribution < -0.4 is 0 Å². The number of thioether (sulfide) groups is 1. The quantitative estimate of drug-likeness (QED) is 0.794. The normalized spacial score (nSPS) is 25.3. The first-order chi connectivity index (χ1) is 10.1. The SMILES string of the molecule is CC(=O)OC1=CC2CN(Cc3ccccc3Cl)CCC2S1. The summed E-state index contributed by atoms with van der Waals surface area (Å²) in [6, 6.07) is 8.00. The highest BCUT2D eigenvalue weighted by Gasteiger charge is 2.35. The Morgan fingerprint density at radius 1 is 1.48 bits per heavy atom. The van der Waals surface area contributed by atoms with E-state index in [4.69, 9.17) is 16.3 Å². The van der Waals surface area contributed by atoms with Crippen LogP contribution in [0.3, 0.4) is 0 Å². The van der Waals surface area contributed by atoms with E-state index in [1.165, 1.54) is 12.5 Å². The first kappa shape index (κ1) is 14.9. The number of hydrogen-bond donors (Lipinski definition) is 0. The lowest BCUT2D eigenvalue weighted by Crippen LogP contribution is -2.39. The van der Waals surface area contributed by atoms with Crippen LogP contribution in [0.4, 0.5) is 0 Å². The van der Waals surface area contributed by atoms with Gasteiger partial charge in [-0.15, -0.1) is 0 Å². The molecule has 21 heavy (non-hydrogen) atoms. The van der Waals surface area contributed by atoms with Crippen LogP contribution in [0.2, 0.25) is 5.02 Å². The number of hydrogen-bond acceptors (Lipinski definition) is 4. The summed E-state index contributed by atoms with van der Waals surface area (Å²) in [4.78, 5) is 13.5. The lowest BCUT2D eigenvalue weighted by Gasteiger charge is -2.34. The van der Waals surface area contributed by atoms with Crippen LogP contribution in [0.5, 0.6) is 0 Å². The Labute approximate surface area is 134 Å². The minimum absolute atomic E-state index is 0.236. The second-order valence-electron chi connectivity index (χ2n) is 5.51. The summed E-state index contributed by atoms with van der Waals surface area (Å²) in [6.45, 7) is 4.38. The van der Waals surface area contributed by atoms with Gasteiger partial charge in [-0.1, -0.05) is 41.6 Å². The van der Waals surface area contributed by atoms with Crippen molar-refractivity contribution in [2.75, 3.05) is 13.1 Å². The van der Waals surface area contributed by atoms with Gasteiger partial charge in [-0.05, 0) is 30.7 Å². The molecule has 0 aromatic heterocycles. The van der Waals surface area contributed by atoms with Gasteiger partial charge in [-0.2, -0.15) is 0 Å². The first-order valence-electron chi connectivity index (χ1n) is 7.14. The molecule has 0 bridgehead atoms. The van der Waals surface area contributed by atoms with Crippen LogP contribution in [0.1, 0.15) is 18.9 Å². The molecular formula is C16H18ClNO2S. The highest BCUT2D eigenvalue weighted by atomic mass is 35.5. The van der Waals surface area contributed by atoms with Crippen molar-refractivity contribution in [3.8, 4) is 0 Å². The molecule has 2 aliphatic heterocycles. The van der Waals surface area contributed by atoms with Crippen molar-refractivity contribution in [2.45, 2.75) is 25.1 Å². The Hall–Kier alpha value is -0.970. The Balaban J connectivity index is 1.63. The van der Waals surface area contributed by atoms with E-state index in [0.717, 1.165) is 36.2 Å². The predicted octanol–water partition coefficient (Wildman–Crippen LogP) is 3.68. The number of rotatable bonds is 3. The van der Waals surface area contributed by atoms with Gasteiger partial charge in [0.1, 0.15) is 0 Å². The molecule has 5 heteroatoms. The maximum Gasteiger partial charge on any atom is 0.308 e. The molecule has 1 aromatic carbocycles. The van der Waals surface area contributed by atoms with E-state index >= 15 is 0 Å². The fourth-order valence-electron chi connectivity index (χ4n) is 2.91. The summed E-state index contributed by atoms with van der Waals surface area (Å²) in [5.41, 5.74) is 1.17. The summed E-state index contributed by atoms with van der Waals surface area (Å²) in [5, 5.41) is 2.15. The van der Waals surface area contributed by atoms with Crippen molar-refractivity contribution < 1.29 is 9.53 Å². The predicted molar refractivity (Wildman–Crippen MR) is 86.1 cm³/mol. The molecule has 1 saturated heterocycles. The number of nitrogens with zero attached hydrogens (tertiary/aromatic N) is 1. The first-order valence-corrected chi connectivity index (χ1v) is 8.40. The van der Waals surface area contributed by atoms with Crippen LogP contribution in [0.25, 0.3) is 0 Å². The molecule has 3 nitrogen and oxygen atoms in total. The number of halogens is 1. The number of ether oxygens (including phenoxy) is 1. The molecule has 2 heterocycles. The van der Waals surface area contributed by atoms with Gasteiger partial charge >= 0.3 is 5.97 Å². The van der Waals surface area contributed by atoms with Crippen LogP contribution in [0.15, 0.2) is 35.4 Å². The summed E-state index contributed by atoms with van der Waals surface area (Å²) >= 11 is 7.93. The zero-order valence-electron chi connectivity index (χ0n) is 11.9. The number of carbonyl (C=O) groups is 1. The van der Waals surface area contributed by atoms with Crippen LogP contribution in [-0.4, -0.2) is 29.2 Å². The van der Waals surface area contributed by atoms with E-state index in [1.54, 1.807) is 11.8 Å². The molecule has 0 saturated carbocycles. The maximum absolute atomic E-state index is 11.0. The van der Waals surface area contributed by atoms with Gasteiger partial charge in [0, 0.05) is 36.2 Å². The van der Waals surface area contributed by atoms with E-state index in [9.17, 15) is 4.79 Å². The summed E-state index contributed by atoms with van der Waals surface area (Å²) < 4.78 is 5.22. The number of benzene rings is 1. The van der Waals surface area contributed by atoms with Gasteiger partial charge in [0.2, 0.25) is 0 Å². The fraction of sp³-hybridized carbons (Fsp3) is 0.438. The van der Waals surface area contributed by atoms with Crippen molar-refractivity contribution >= 4 is 29.3 Å². The topological polar surface area (TPSA) is 29.5 Å². The lowest BCUT2D eigenvalue weighted by molar-refractivity contribution is -0.135. The Morgan fingerprint density at radius 2 is 2.29 bits per heavy atom. The Bertz CT molecular complexity index is 575. The van der Waals surface area contributed by atoms with E-state index < -0.39 is 0 Å². The van der Waals surface area contributed by atoms with E-state index in [-0.39, 0.29) is 5.97 Å². The van der Waals surface area contributed by atoms with Crippen molar-refractivity contribution in [3.05, 3.63) is 46.0 Å². The summed E-state index contributed by atoms with van der Waals surface area (Å²) in [5.74, 6) is 0.223. The van der Waals surface area contributed by atoms with Gasteiger partial charge in [0.15, 0.2) is 5.09 Å². The fourth-order valence-corrected chi connectivity index (χ4v) is 4.39. The average molecular weight is 324 g/mol. The maximum atomic E-state index is 11.0. The molecule has 2 aliphatic rings. The smallest absolute Gasteiger partial charge is 0.308 e. The third-order valence-electron chi connectivity index (χ3n) is 3.89. The molecule has 2 atom stereocenters. The van der Waals surface area contributed by atoms with Crippen molar-refractivity contribution in [3.63, 3.8) is 0 Å². The number of fused-ring (bicyclic) bond motifs is 1. The van der Waals surface area contributed by atoms with Crippen molar-refractivity contribution in [2.24, 2.45) is 5.92 Å². The number of carbonyl (C=O) groups excluding carboxylic acids is 1. The third kappa shape index (κ3) is 3.62. The average Bonchev–Trinajstić information content (AvgIpc) is 2.82. The molecule has 0 amide bonds. The van der Waals surface area contributed by atoms with Crippen molar-refractivity contribution in [1.29, 1.82) is 0 Å². The zero-order valence-corrected chi connectivity index (χ0v) is 13.5. The minimum atomic E-state index is -0.236. The summed E-state index contributed by atoms with van der Waals surface area (Å²) in [7, 11) is 0. The lowest BCUT2D eigenvalue weighted by atomic mass is 9.97. The monoisotopic (exact) mass is 323 g/mol. The van der Waals surface area contributed by atoms with Gasteiger partial charge in [-0.25, -0.2) is 0 Å². The van der Waals surface area contributed by atoms with E-state index in [2.05, 4.69) is 17.0 Å². The van der Waals surface area contributed by atoms with Gasteiger partial charge in [-0.3, -0.25) is 9.69 Å². The molecule has 0 aliphatic carbocycles. The Morgan fingerprint density at radius 3 is 3.05 bits per heavy atom.